The van der Waals surface area contributed by atoms with E-state index in [9.17, 15) is 4.79 Å². The van der Waals surface area contributed by atoms with Gasteiger partial charge in [0.2, 0.25) is 5.91 Å². The van der Waals surface area contributed by atoms with E-state index in [0.29, 0.717) is 11.6 Å². The van der Waals surface area contributed by atoms with Crippen LogP contribution >= 0.6 is 11.6 Å². The highest BCUT2D eigenvalue weighted by atomic mass is 35.5. The Morgan fingerprint density at radius 2 is 2.33 bits per heavy atom. The third-order valence-corrected chi connectivity index (χ3v) is 3.73. The van der Waals surface area contributed by atoms with E-state index >= 15 is 0 Å². The third-order valence-electron chi connectivity index (χ3n) is 3.50. The quantitative estimate of drug-likeness (QED) is 0.911. The first-order chi connectivity index (χ1) is 8.51. The van der Waals surface area contributed by atoms with Gasteiger partial charge in [-0.2, -0.15) is 0 Å². The lowest BCUT2D eigenvalue weighted by Gasteiger charge is -2.29. The largest absolute Gasteiger partial charge is 0.340 e. The Labute approximate surface area is 113 Å². The first-order valence-corrected chi connectivity index (χ1v) is 6.64. The first-order valence-electron chi connectivity index (χ1n) is 6.26. The minimum Gasteiger partial charge on any atom is -0.340 e. The molecule has 0 radical (unpaired) electrons. The average molecular weight is 267 g/mol. The summed E-state index contributed by atoms with van der Waals surface area (Å²) in [7, 11) is 1.84. The van der Waals surface area contributed by atoms with Crippen molar-refractivity contribution in [1.82, 2.24) is 10.2 Å². The topological polar surface area (TPSA) is 32.3 Å². The van der Waals surface area contributed by atoms with Gasteiger partial charge in [-0.1, -0.05) is 23.7 Å². The van der Waals surface area contributed by atoms with Crippen LogP contribution in [0.15, 0.2) is 24.3 Å². The van der Waals surface area contributed by atoms with Crippen LogP contribution in [-0.4, -0.2) is 29.9 Å². The van der Waals surface area contributed by atoms with Crippen molar-refractivity contribution in [2.24, 2.45) is 0 Å². The zero-order valence-corrected chi connectivity index (χ0v) is 11.6. The van der Waals surface area contributed by atoms with E-state index in [4.69, 9.17) is 11.6 Å². The molecule has 0 saturated carbocycles. The molecule has 1 aliphatic heterocycles. The highest BCUT2D eigenvalue weighted by molar-refractivity contribution is 6.30. The number of hydrogen-bond acceptors (Lipinski definition) is 2. The second kappa shape index (κ2) is 5.29. The lowest BCUT2D eigenvalue weighted by Crippen LogP contribution is -2.51. The van der Waals surface area contributed by atoms with E-state index in [1.54, 1.807) is 4.90 Å². The van der Waals surface area contributed by atoms with Gasteiger partial charge >= 0.3 is 0 Å². The molecular formula is C14H19ClN2O. The summed E-state index contributed by atoms with van der Waals surface area (Å²) in [5.41, 5.74) is 0.660. The lowest BCUT2D eigenvalue weighted by atomic mass is 9.98. The summed E-state index contributed by atoms with van der Waals surface area (Å²) in [4.78, 5) is 14.2. The second-order valence-electron chi connectivity index (χ2n) is 5.15. The van der Waals surface area contributed by atoms with Crippen molar-refractivity contribution in [1.29, 1.82) is 0 Å². The van der Waals surface area contributed by atoms with Crippen LogP contribution < -0.4 is 5.32 Å². The summed E-state index contributed by atoms with van der Waals surface area (Å²) in [6.07, 6.45) is 1.97. The van der Waals surface area contributed by atoms with Crippen LogP contribution in [0.25, 0.3) is 0 Å². The van der Waals surface area contributed by atoms with E-state index in [1.165, 1.54) is 0 Å². The van der Waals surface area contributed by atoms with E-state index < -0.39 is 5.54 Å². The van der Waals surface area contributed by atoms with Crippen LogP contribution in [0.2, 0.25) is 5.02 Å². The summed E-state index contributed by atoms with van der Waals surface area (Å²) in [6.45, 7) is 3.50. The molecule has 0 spiro atoms. The Morgan fingerprint density at radius 3 is 2.94 bits per heavy atom. The number of benzene rings is 1. The number of hydrogen-bond donors (Lipinski definition) is 1. The summed E-state index contributed by atoms with van der Waals surface area (Å²) in [5.74, 6) is 0.153. The first kappa shape index (κ1) is 13.4. The molecule has 2 rings (SSSR count). The number of nitrogens with zero attached hydrogens (tertiary/aromatic N) is 1. The Hall–Kier alpha value is -1.06. The molecule has 4 heteroatoms. The van der Waals surface area contributed by atoms with Gasteiger partial charge in [0, 0.05) is 18.6 Å². The van der Waals surface area contributed by atoms with Gasteiger partial charge in [-0.25, -0.2) is 0 Å². The van der Waals surface area contributed by atoms with Crippen molar-refractivity contribution in [2.75, 3.05) is 13.6 Å². The van der Waals surface area contributed by atoms with Crippen LogP contribution in [-0.2, 0) is 11.3 Å². The molecular weight excluding hydrogens is 248 g/mol. The van der Waals surface area contributed by atoms with Crippen LogP contribution in [0.3, 0.4) is 0 Å². The van der Waals surface area contributed by atoms with Gasteiger partial charge in [0.05, 0.1) is 5.54 Å². The maximum Gasteiger partial charge on any atom is 0.242 e. The van der Waals surface area contributed by atoms with Crippen molar-refractivity contribution in [3.8, 4) is 0 Å². The number of rotatable bonds is 3. The minimum atomic E-state index is -0.396. The van der Waals surface area contributed by atoms with Crippen molar-refractivity contribution < 1.29 is 4.79 Å². The molecule has 0 aliphatic carbocycles. The fourth-order valence-corrected chi connectivity index (χ4v) is 2.69. The molecule has 1 atom stereocenters. The predicted octanol–water partition coefficient (Wildman–Crippen LogP) is 2.44. The van der Waals surface area contributed by atoms with Crippen LogP contribution in [0.1, 0.15) is 25.3 Å². The SMILES string of the molecule is CN(Cc1cccc(Cl)c1)C(=O)C1(C)CCCN1. The zero-order valence-electron chi connectivity index (χ0n) is 10.9. The van der Waals surface area contributed by atoms with Crippen molar-refractivity contribution >= 4 is 17.5 Å². The molecule has 1 aromatic carbocycles. The predicted molar refractivity (Wildman–Crippen MR) is 73.6 cm³/mol. The van der Waals surface area contributed by atoms with Crippen LogP contribution in [0.5, 0.6) is 0 Å². The van der Waals surface area contributed by atoms with Crippen LogP contribution in [0.4, 0.5) is 0 Å². The fraction of sp³-hybridized carbons (Fsp3) is 0.500. The Morgan fingerprint density at radius 1 is 1.56 bits per heavy atom. The third kappa shape index (κ3) is 2.85. The molecule has 3 nitrogen and oxygen atoms in total. The highest BCUT2D eigenvalue weighted by Gasteiger charge is 2.37. The number of carbonyl (C=O) groups is 1. The number of amides is 1. The minimum absolute atomic E-state index is 0.153. The lowest BCUT2D eigenvalue weighted by molar-refractivity contribution is -0.136. The molecule has 18 heavy (non-hydrogen) atoms. The zero-order chi connectivity index (χ0) is 13.2. The Balaban J connectivity index is 2.03. The number of halogens is 1. The summed E-state index contributed by atoms with van der Waals surface area (Å²) < 4.78 is 0. The molecule has 98 valence electrons. The van der Waals surface area contributed by atoms with Gasteiger partial charge < -0.3 is 10.2 Å². The molecule has 1 fully saturated rings. The van der Waals surface area contributed by atoms with E-state index in [1.807, 2.05) is 38.2 Å². The van der Waals surface area contributed by atoms with E-state index in [-0.39, 0.29) is 5.91 Å². The molecule has 1 aliphatic rings. The second-order valence-corrected chi connectivity index (χ2v) is 5.59. The maximum absolute atomic E-state index is 12.4. The smallest absolute Gasteiger partial charge is 0.242 e. The molecule has 1 aromatic rings. The standard InChI is InChI=1S/C14H19ClN2O/c1-14(7-4-8-16-14)13(18)17(2)10-11-5-3-6-12(15)9-11/h3,5-6,9,16H,4,7-8,10H2,1-2H3. The number of likely N-dealkylation sites (N-methyl/N-ethyl adjacent to an activating group) is 1. The van der Waals surface area contributed by atoms with Crippen LogP contribution in [0, 0.1) is 0 Å². The Bertz CT molecular complexity index is 441. The van der Waals surface area contributed by atoms with Crippen molar-refractivity contribution in [3.05, 3.63) is 34.9 Å². The fourth-order valence-electron chi connectivity index (χ4n) is 2.48. The summed E-state index contributed by atoms with van der Waals surface area (Å²) in [6, 6.07) is 7.63. The normalized spacial score (nSPS) is 23.1. The molecule has 1 amide bonds. The van der Waals surface area contributed by atoms with Gasteiger partial charge in [0.25, 0.3) is 0 Å². The maximum atomic E-state index is 12.4. The van der Waals surface area contributed by atoms with Gasteiger partial charge in [-0.3, -0.25) is 4.79 Å². The summed E-state index contributed by atoms with van der Waals surface area (Å²) >= 11 is 5.95. The Kier molecular flexibility index (Phi) is 3.93. The molecule has 0 aromatic heterocycles. The molecule has 1 N–H and O–H groups in total. The van der Waals surface area contributed by atoms with E-state index in [2.05, 4.69) is 5.32 Å². The van der Waals surface area contributed by atoms with Gasteiger partial charge in [-0.05, 0) is 44.0 Å². The number of carbonyl (C=O) groups excluding carboxylic acids is 1. The number of nitrogens with one attached hydrogen (secondary N) is 1. The molecule has 1 heterocycles. The van der Waals surface area contributed by atoms with Gasteiger partial charge in [0.15, 0.2) is 0 Å². The average Bonchev–Trinajstić information content (AvgIpc) is 2.76. The molecule has 1 unspecified atom stereocenters. The van der Waals surface area contributed by atoms with Gasteiger partial charge in [0.1, 0.15) is 0 Å². The van der Waals surface area contributed by atoms with Crippen molar-refractivity contribution in [2.45, 2.75) is 31.8 Å². The highest BCUT2D eigenvalue weighted by Crippen LogP contribution is 2.22. The molecule has 0 bridgehead atoms. The molecule has 1 saturated heterocycles. The van der Waals surface area contributed by atoms with Crippen molar-refractivity contribution in [3.63, 3.8) is 0 Å². The van der Waals surface area contributed by atoms with E-state index in [0.717, 1.165) is 24.9 Å². The summed E-state index contributed by atoms with van der Waals surface area (Å²) in [5, 5.41) is 4.00. The van der Waals surface area contributed by atoms with Gasteiger partial charge in [-0.15, -0.1) is 0 Å². The monoisotopic (exact) mass is 266 g/mol.